The Balaban J connectivity index is 1.62. The van der Waals surface area contributed by atoms with E-state index in [1.807, 2.05) is 24.9 Å². The molecule has 0 aliphatic rings. The summed E-state index contributed by atoms with van der Waals surface area (Å²) in [6.45, 7) is 2.06. The number of hydrogen-bond donors (Lipinski definition) is 1. The van der Waals surface area contributed by atoms with Crippen LogP contribution in [-0.2, 0) is 7.05 Å². The zero-order valence-corrected chi connectivity index (χ0v) is 21.6. The van der Waals surface area contributed by atoms with Crippen molar-refractivity contribution in [2.24, 2.45) is 7.05 Å². The van der Waals surface area contributed by atoms with Crippen molar-refractivity contribution in [1.29, 1.82) is 0 Å². The van der Waals surface area contributed by atoms with Crippen LogP contribution in [0.15, 0.2) is 121 Å². The van der Waals surface area contributed by atoms with Crippen LogP contribution in [0.3, 0.4) is 0 Å². The molecule has 0 radical (unpaired) electrons. The van der Waals surface area contributed by atoms with Gasteiger partial charge in [0.15, 0.2) is 12.4 Å². The molecule has 0 saturated heterocycles. The minimum Gasteiger partial charge on any atom is -0.394 e. The molecule has 0 fully saturated rings. The Bertz CT molecular complexity index is 1650. The van der Waals surface area contributed by atoms with Gasteiger partial charge in [-0.1, -0.05) is 60.7 Å². The van der Waals surface area contributed by atoms with E-state index in [0.717, 1.165) is 5.57 Å². The van der Waals surface area contributed by atoms with Crippen molar-refractivity contribution in [2.75, 3.05) is 7.05 Å². The fraction of sp³-hybridized carbons (Fsp3) is 0.0882. The van der Waals surface area contributed by atoms with Crippen LogP contribution in [0.25, 0.3) is 45.7 Å². The van der Waals surface area contributed by atoms with E-state index in [2.05, 4.69) is 145 Å². The third kappa shape index (κ3) is 5.31. The molecule has 0 aliphatic carbocycles. The predicted octanol–water partition coefficient (Wildman–Crippen LogP) is 7.47. The van der Waals surface area contributed by atoms with E-state index in [9.17, 15) is 0 Å². The van der Waals surface area contributed by atoms with Gasteiger partial charge in [-0.15, -0.1) is 0 Å². The van der Waals surface area contributed by atoms with Crippen molar-refractivity contribution in [3.63, 3.8) is 0 Å². The Morgan fingerprint density at radius 1 is 0.730 bits per heavy atom. The van der Waals surface area contributed by atoms with Gasteiger partial charge in [0, 0.05) is 35.6 Å². The number of nitrogens with one attached hydrogen (secondary N) is 1. The molecular weight excluding hydrogens is 450 g/mol. The average molecular weight is 483 g/mol. The molecule has 5 rings (SSSR count). The number of allylic oxidation sites excluding steroid dienone is 4. The zero-order valence-electron chi connectivity index (χ0n) is 21.6. The Labute approximate surface area is 219 Å². The third-order valence-corrected chi connectivity index (χ3v) is 6.54. The summed E-state index contributed by atoms with van der Waals surface area (Å²) in [5.74, 6) is 0. The topological polar surface area (TPSA) is 20.8 Å². The quantitative estimate of drug-likeness (QED) is 0.188. The van der Waals surface area contributed by atoms with E-state index in [4.69, 9.17) is 0 Å². The number of hydrogen-bond acceptors (Lipinski definition) is 1. The van der Waals surface area contributed by atoms with Gasteiger partial charge in [0.25, 0.3) is 0 Å². The van der Waals surface area contributed by atoms with Gasteiger partial charge in [-0.3, -0.25) is 0 Å². The van der Waals surface area contributed by atoms with E-state index in [1.165, 1.54) is 44.2 Å². The normalized spacial score (nSPS) is 12.6. The van der Waals surface area contributed by atoms with Crippen LogP contribution >= 0.6 is 0 Å². The number of aryl methyl sites for hydroxylation is 1. The second-order valence-electron chi connectivity index (χ2n) is 9.10. The number of pyridine rings is 1. The van der Waals surface area contributed by atoms with Gasteiger partial charge in [0.1, 0.15) is 7.05 Å². The molecule has 37 heavy (non-hydrogen) atoms. The molecule has 0 amide bonds. The number of para-hydroxylation sites is 1. The highest BCUT2D eigenvalue weighted by molar-refractivity contribution is 6.10. The van der Waals surface area contributed by atoms with Crippen molar-refractivity contribution in [3.05, 3.63) is 138 Å². The lowest BCUT2D eigenvalue weighted by Crippen LogP contribution is -2.25. The number of benzene rings is 3. The van der Waals surface area contributed by atoms with Gasteiger partial charge in [0.2, 0.25) is 0 Å². The van der Waals surface area contributed by atoms with Crippen LogP contribution < -0.4 is 9.88 Å². The summed E-state index contributed by atoms with van der Waals surface area (Å²) in [6, 6.07) is 28.3. The molecule has 2 aromatic heterocycles. The number of rotatable bonds is 7. The summed E-state index contributed by atoms with van der Waals surface area (Å²) < 4.78 is 4.40. The molecule has 5 aromatic rings. The van der Waals surface area contributed by atoms with Gasteiger partial charge in [-0.25, -0.2) is 4.57 Å². The van der Waals surface area contributed by atoms with Crippen LogP contribution in [-0.4, -0.2) is 11.6 Å². The van der Waals surface area contributed by atoms with Crippen molar-refractivity contribution in [2.45, 2.75) is 6.92 Å². The Hall–Kier alpha value is -4.63. The van der Waals surface area contributed by atoms with Gasteiger partial charge in [-0.2, -0.15) is 0 Å². The fourth-order valence-corrected chi connectivity index (χ4v) is 4.56. The molecule has 0 aliphatic heterocycles. The molecule has 0 saturated carbocycles. The minimum atomic E-state index is 1.16. The lowest BCUT2D eigenvalue weighted by molar-refractivity contribution is -0.671. The van der Waals surface area contributed by atoms with Crippen LogP contribution in [0.2, 0.25) is 0 Å². The summed E-state index contributed by atoms with van der Waals surface area (Å²) >= 11 is 0. The molecule has 2 heterocycles. The largest absolute Gasteiger partial charge is 0.394 e. The first-order chi connectivity index (χ1) is 18.2. The highest BCUT2D eigenvalue weighted by Crippen LogP contribution is 2.34. The average Bonchev–Trinajstić information content (AvgIpc) is 3.26. The van der Waals surface area contributed by atoms with E-state index < -0.39 is 0 Å². The molecule has 0 atom stereocenters. The Morgan fingerprint density at radius 2 is 1.35 bits per heavy atom. The molecule has 3 heteroatoms. The summed E-state index contributed by atoms with van der Waals surface area (Å²) in [5.41, 5.74) is 8.28. The smallest absolute Gasteiger partial charge is 0.169 e. The van der Waals surface area contributed by atoms with Crippen LogP contribution in [0, 0.1) is 0 Å². The summed E-state index contributed by atoms with van der Waals surface area (Å²) in [4.78, 5) is 0. The van der Waals surface area contributed by atoms with Crippen LogP contribution in [0.1, 0.15) is 23.6 Å². The summed E-state index contributed by atoms with van der Waals surface area (Å²) in [7, 11) is 3.94. The first-order valence-electron chi connectivity index (χ1n) is 12.6. The number of nitrogens with zero attached hydrogens (tertiary/aromatic N) is 2. The molecule has 0 spiro atoms. The first kappa shape index (κ1) is 24.1. The number of fused-ring (bicyclic) bond motifs is 3. The van der Waals surface area contributed by atoms with Crippen molar-refractivity contribution in [1.82, 2.24) is 9.88 Å². The second-order valence-corrected chi connectivity index (χ2v) is 9.10. The minimum absolute atomic E-state index is 1.16. The maximum atomic E-state index is 3.06. The molecule has 3 nitrogen and oxygen atoms in total. The summed E-state index contributed by atoms with van der Waals surface area (Å²) in [6.07, 6.45) is 19.0. The van der Waals surface area contributed by atoms with Crippen LogP contribution in [0.4, 0.5) is 0 Å². The first-order valence-corrected chi connectivity index (χ1v) is 12.6. The van der Waals surface area contributed by atoms with E-state index >= 15 is 0 Å². The standard InChI is InChI=1S/C34H32N3/c1-4-26(18-21-35-2)10-12-28-14-16-33-31(24-28)32-25-29(13-11-27-19-22-36(3)23-20-27)15-17-34(32)37(33)30-8-6-5-7-9-30/h4-25,35H,1-3H3/q+1/b12-10+,21-18-,26-4-. The highest BCUT2D eigenvalue weighted by Gasteiger charge is 2.12. The number of aromatic nitrogens is 2. The third-order valence-electron chi connectivity index (χ3n) is 6.54. The van der Waals surface area contributed by atoms with Crippen molar-refractivity contribution < 1.29 is 4.57 Å². The van der Waals surface area contributed by atoms with Gasteiger partial charge in [0.05, 0.1) is 11.0 Å². The maximum absolute atomic E-state index is 3.06. The summed E-state index contributed by atoms with van der Waals surface area (Å²) in [5, 5.41) is 5.55. The molecule has 182 valence electrons. The SMILES string of the molecule is C/C=C(\C=C/NC)/C=C/c1ccc2c(c1)c1cc(/C=C/c3cc[n+](C)cc3)ccc1n2-c1ccccc1. The lowest BCUT2D eigenvalue weighted by atomic mass is 10.1. The van der Waals surface area contributed by atoms with Crippen molar-refractivity contribution in [3.8, 4) is 5.69 Å². The molecule has 0 bridgehead atoms. The second kappa shape index (κ2) is 11.0. The van der Waals surface area contributed by atoms with E-state index in [-0.39, 0.29) is 0 Å². The lowest BCUT2D eigenvalue weighted by Gasteiger charge is -2.07. The highest BCUT2D eigenvalue weighted by atomic mass is 15.0. The fourth-order valence-electron chi connectivity index (χ4n) is 4.56. The molecule has 3 aromatic carbocycles. The van der Waals surface area contributed by atoms with E-state index in [0.29, 0.717) is 0 Å². The monoisotopic (exact) mass is 482 g/mol. The molecule has 1 N–H and O–H groups in total. The predicted molar refractivity (Wildman–Crippen MR) is 158 cm³/mol. The Kier molecular flexibility index (Phi) is 7.14. The van der Waals surface area contributed by atoms with Gasteiger partial charge >= 0.3 is 0 Å². The van der Waals surface area contributed by atoms with Crippen LogP contribution in [0.5, 0.6) is 0 Å². The molecule has 0 unspecified atom stereocenters. The van der Waals surface area contributed by atoms with Crippen molar-refractivity contribution >= 4 is 40.0 Å². The molecular formula is C34H32N3+. The van der Waals surface area contributed by atoms with E-state index in [1.54, 1.807) is 0 Å². The zero-order chi connectivity index (χ0) is 25.6. The van der Waals surface area contributed by atoms with Gasteiger partial charge < -0.3 is 9.88 Å². The van der Waals surface area contributed by atoms with Gasteiger partial charge in [-0.05, 0) is 77.9 Å². The maximum Gasteiger partial charge on any atom is 0.169 e. The Morgan fingerprint density at radius 3 is 1.97 bits per heavy atom.